The fraction of sp³-hybridized carbons (Fsp3) is 0.714. The third kappa shape index (κ3) is 1.53. The molecule has 0 bridgehead atoms. The summed E-state index contributed by atoms with van der Waals surface area (Å²) < 4.78 is -0.0200. The van der Waals surface area contributed by atoms with Crippen LogP contribution < -0.4 is 0 Å². The topological polar surface area (TPSA) is 23.1 Å². The first kappa shape index (κ1) is 6.78. The molecule has 1 rings (SSSR count). The summed E-state index contributed by atoms with van der Waals surface area (Å²) in [6.07, 6.45) is 3.88. The fourth-order valence-electron chi connectivity index (χ4n) is 1.05. The zero-order valence-corrected chi connectivity index (χ0v) is 5.84. The van der Waals surface area contributed by atoms with E-state index in [1.54, 1.807) is 7.05 Å². The summed E-state index contributed by atoms with van der Waals surface area (Å²) in [4.78, 5) is 0. The Morgan fingerprint density at radius 3 is 2.78 bits per heavy atom. The molecule has 0 spiro atoms. The first-order valence-electron chi connectivity index (χ1n) is 3.34. The second-order valence-corrected chi connectivity index (χ2v) is 2.88. The van der Waals surface area contributed by atoms with Gasteiger partial charge in [-0.15, -0.1) is 6.58 Å². The van der Waals surface area contributed by atoms with Crippen LogP contribution in [0.2, 0.25) is 0 Å². The Hall–Kier alpha value is -0.340. The number of hydroxylamine groups is 3. The normalized spacial score (nSPS) is 40.4. The molecule has 0 aromatic rings. The maximum atomic E-state index is 11.0. The Kier molecular flexibility index (Phi) is 1.60. The van der Waals surface area contributed by atoms with E-state index in [4.69, 9.17) is 0 Å². The first-order chi connectivity index (χ1) is 4.17. The van der Waals surface area contributed by atoms with Gasteiger partial charge in [0, 0.05) is 6.42 Å². The van der Waals surface area contributed by atoms with Crippen molar-refractivity contribution in [1.29, 1.82) is 0 Å². The number of hydrogen-bond acceptors (Lipinski definition) is 1. The van der Waals surface area contributed by atoms with Crippen molar-refractivity contribution in [3.05, 3.63) is 17.9 Å². The third-order valence-corrected chi connectivity index (χ3v) is 1.92. The molecule has 2 atom stereocenters. The molecule has 0 saturated carbocycles. The van der Waals surface area contributed by atoms with Crippen LogP contribution in [0.5, 0.6) is 0 Å². The van der Waals surface area contributed by atoms with E-state index in [0.717, 1.165) is 19.4 Å². The summed E-state index contributed by atoms with van der Waals surface area (Å²) >= 11 is 0. The Morgan fingerprint density at radius 1 is 1.89 bits per heavy atom. The Morgan fingerprint density at radius 2 is 2.44 bits per heavy atom. The van der Waals surface area contributed by atoms with Gasteiger partial charge >= 0.3 is 0 Å². The smallest absolute Gasteiger partial charge is 0.139 e. The van der Waals surface area contributed by atoms with Crippen LogP contribution in [-0.2, 0) is 0 Å². The highest BCUT2D eigenvalue weighted by molar-refractivity contribution is 4.77. The van der Waals surface area contributed by atoms with E-state index in [1.165, 1.54) is 0 Å². The highest BCUT2D eigenvalue weighted by atomic mass is 16.6. The minimum atomic E-state index is -0.0200. The van der Waals surface area contributed by atoms with Crippen LogP contribution in [0.15, 0.2) is 12.7 Å². The SMILES string of the molecule is C=CCCC1C[N+]1(C)[O-]. The maximum absolute atomic E-state index is 11.0. The van der Waals surface area contributed by atoms with E-state index >= 15 is 0 Å². The predicted octanol–water partition coefficient (Wildman–Crippen LogP) is 1.28. The van der Waals surface area contributed by atoms with Crippen LogP contribution in [0.4, 0.5) is 0 Å². The average molecular weight is 127 g/mol. The first-order valence-corrected chi connectivity index (χ1v) is 3.34. The minimum absolute atomic E-state index is 0.0200. The van der Waals surface area contributed by atoms with E-state index in [1.807, 2.05) is 6.08 Å². The van der Waals surface area contributed by atoms with E-state index < -0.39 is 0 Å². The lowest BCUT2D eigenvalue weighted by molar-refractivity contribution is -0.735. The van der Waals surface area contributed by atoms with Crippen LogP contribution in [0, 0.1) is 5.21 Å². The van der Waals surface area contributed by atoms with Crippen LogP contribution in [0.3, 0.4) is 0 Å². The minimum Gasteiger partial charge on any atom is -0.632 e. The molecule has 52 valence electrons. The summed E-state index contributed by atoms with van der Waals surface area (Å²) in [6.45, 7) is 4.41. The molecule has 0 radical (unpaired) electrons. The second-order valence-electron chi connectivity index (χ2n) is 2.88. The maximum Gasteiger partial charge on any atom is 0.139 e. The summed E-state index contributed by atoms with van der Waals surface area (Å²) in [7, 11) is 1.73. The van der Waals surface area contributed by atoms with E-state index in [2.05, 4.69) is 6.58 Å². The molecule has 0 amide bonds. The van der Waals surface area contributed by atoms with Crippen molar-refractivity contribution in [3.63, 3.8) is 0 Å². The van der Waals surface area contributed by atoms with Gasteiger partial charge in [-0.2, -0.15) is 0 Å². The Labute approximate surface area is 56.0 Å². The largest absolute Gasteiger partial charge is 0.632 e. The number of rotatable bonds is 3. The lowest BCUT2D eigenvalue weighted by Gasteiger charge is -2.16. The van der Waals surface area contributed by atoms with Gasteiger partial charge in [0.05, 0.1) is 7.05 Å². The van der Waals surface area contributed by atoms with Gasteiger partial charge in [0.15, 0.2) is 0 Å². The zero-order valence-electron chi connectivity index (χ0n) is 5.84. The van der Waals surface area contributed by atoms with Crippen molar-refractivity contribution in [1.82, 2.24) is 0 Å². The number of nitrogens with zero attached hydrogens (tertiary/aromatic N) is 1. The number of likely N-dealkylation sites (N-methyl/N-ethyl adjacent to an activating group) is 1. The van der Waals surface area contributed by atoms with Gasteiger partial charge < -0.3 is 9.85 Å². The van der Waals surface area contributed by atoms with Crippen LogP contribution in [-0.4, -0.2) is 24.3 Å². The predicted molar refractivity (Wildman–Crippen MR) is 37.6 cm³/mol. The molecule has 2 heteroatoms. The lowest BCUT2D eigenvalue weighted by atomic mass is 10.2. The molecule has 1 saturated heterocycles. The van der Waals surface area contributed by atoms with Crippen molar-refractivity contribution in [2.75, 3.05) is 13.6 Å². The Bertz CT molecular complexity index is 120. The molecular weight excluding hydrogens is 114 g/mol. The third-order valence-electron chi connectivity index (χ3n) is 1.92. The Balaban J connectivity index is 2.12. The van der Waals surface area contributed by atoms with Gasteiger partial charge in [0.1, 0.15) is 12.6 Å². The van der Waals surface area contributed by atoms with Gasteiger partial charge in [-0.1, -0.05) is 6.08 Å². The van der Waals surface area contributed by atoms with Gasteiger partial charge in [-0.25, -0.2) is 0 Å². The molecule has 1 aliphatic rings. The molecule has 2 nitrogen and oxygen atoms in total. The van der Waals surface area contributed by atoms with Gasteiger partial charge in [0.2, 0.25) is 0 Å². The zero-order chi connectivity index (χ0) is 6.91. The molecule has 0 aliphatic carbocycles. The van der Waals surface area contributed by atoms with Crippen LogP contribution >= 0.6 is 0 Å². The molecular formula is C7H13NO. The summed E-state index contributed by atoms with van der Waals surface area (Å²) in [5.74, 6) is 0. The number of quaternary nitrogens is 1. The van der Waals surface area contributed by atoms with E-state index in [-0.39, 0.29) is 4.65 Å². The molecule has 0 aromatic heterocycles. The van der Waals surface area contributed by atoms with Crippen molar-refractivity contribution < 1.29 is 4.65 Å². The lowest BCUT2D eigenvalue weighted by Crippen LogP contribution is -2.12. The molecule has 0 N–H and O–H groups in total. The number of hydrogen-bond donors (Lipinski definition) is 0. The summed E-state index contributed by atoms with van der Waals surface area (Å²) in [6, 6.07) is 0.378. The van der Waals surface area contributed by atoms with Crippen LogP contribution in [0.1, 0.15) is 12.8 Å². The summed E-state index contributed by atoms with van der Waals surface area (Å²) in [5, 5.41) is 11.0. The molecule has 1 heterocycles. The van der Waals surface area contributed by atoms with Crippen molar-refractivity contribution in [3.8, 4) is 0 Å². The highest BCUT2D eigenvalue weighted by Crippen LogP contribution is 2.29. The standard InChI is InChI=1S/C7H13NO/c1-3-4-5-7-6-8(7,2)9/h3,7H,1,4-6H2,2H3. The quantitative estimate of drug-likeness (QED) is 0.242. The molecule has 2 unspecified atom stereocenters. The molecule has 1 aliphatic heterocycles. The van der Waals surface area contributed by atoms with Crippen molar-refractivity contribution >= 4 is 0 Å². The van der Waals surface area contributed by atoms with E-state index in [9.17, 15) is 5.21 Å². The van der Waals surface area contributed by atoms with Gasteiger partial charge in [0.25, 0.3) is 0 Å². The average Bonchev–Trinajstić information content (AvgIpc) is 2.35. The van der Waals surface area contributed by atoms with Gasteiger partial charge in [-0.05, 0) is 6.42 Å². The molecule has 9 heavy (non-hydrogen) atoms. The van der Waals surface area contributed by atoms with Crippen LogP contribution in [0.25, 0.3) is 0 Å². The van der Waals surface area contributed by atoms with Crippen molar-refractivity contribution in [2.24, 2.45) is 0 Å². The molecule has 1 fully saturated rings. The highest BCUT2D eigenvalue weighted by Gasteiger charge is 2.42. The number of allylic oxidation sites excluding steroid dienone is 1. The van der Waals surface area contributed by atoms with Crippen molar-refractivity contribution in [2.45, 2.75) is 18.9 Å². The molecule has 0 aromatic carbocycles. The van der Waals surface area contributed by atoms with E-state index in [0.29, 0.717) is 6.04 Å². The summed E-state index contributed by atoms with van der Waals surface area (Å²) in [5.41, 5.74) is 0. The van der Waals surface area contributed by atoms with Gasteiger partial charge in [-0.3, -0.25) is 0 Å². The monoisotopic (exact) mass is 127 g/mol. The second kappa shape index (κ2) is 2.12. The fourth-order valence-corrected chi connectivity index (χ4v) is 1.05.